The van der Waals surface area contributed by atoms with Gasteiger partial charge in [-0.25, -0.2) is 0 Å². The average Bonchev–Trinajstić information content (AvgIpc) is 2.74. The monoisotopic (exact) mass is 444 g/mol. The van der Waals surface area contributed by atoms with Gasteiger partial charge < -0.3 is 8.85 Å². The van der Waals surface area contributed by atoms with E-state index in [4.69, 9.17) is 21.1 Å². The zero-order valence-electron chi connectivity index (χ0n) is 17.7. The molecule has 146 valence electrons. The maximum absolute atomic E-state index is 6.69. The lowest BCUT2D eigenvalue weighted by atomic mass is 10.2. The van der Waals surface area contributed by atoms with Crippen molar-refractivity contribution in [3.8, 4) is 11.5 Å². The molecule has 0 fully saturated rings. The molecule has 0 aliphatic rings. The molecule has 1 heterocycles. The Kier molecular flexibility index (Phi) is 5.94. The van der Waals surface area contributed by atoms with Gasteiger partial charge in [0.2, 0.25) is 0 Å². The molecule has 0 radical (unpaired) electrons. The first-order chi connectivity index (χ1) is 11.5. The first-order valence-electron chi connectivity index (χ1n) is 8.99. The lowest BCUT2D eigenvalue weighted by Gasteiger charge is -2.39. The van der Waals surface area contributed by atoms with Crippen LogP contribution in [0.25, 0.3) is 9.40 Å². The summed E-state index contributed by atoms with van der Waals surface area (Å²) in [4.78, 5) is 0. The van der Waals surface area contributed by atoms with Crippen LogP contribution in [0.5, 0.6) is 11.5 Å². The van der Waals surface area contributed by atoms with Gasteiger partial charge in [0, 0.05) is 12.1 Å². The molecule has 0 bridgehead atoms. The van der Waals surface area contributed by atoms with Crippen molar-refractivity contribution >= 4 is 60.9 Å². The Morgan fingerprint density at radius 1 is 0.731 bits per heavy atom. The van der Waals surface area contributed by atoms with Crippen LogP contribution < -0.4 is 8.85 Å². The van der Waals surface area contributed by atoms with E-state index >= 15 is 0 Å². The zero-order valence-corrected chi connectivity index (χ0v) is 22.1. The van der Waals surface area contributed by atoms with Crippen LogP contribution in [0.2, 0.25) is 36.3 Å². The lowest BCUT2D eigenvalue weighted by Crippen LogP contribution is -2.45. The second kappa shape index (κ2) is 6.99. The van der Waals surface area contributed by atoms with E-state index in [1.807, 2.05) is 0 Å². The molecule has 0 aliphatic heterocycles. The highest BCUT2D eigenvalue weighted by atomic mass is 32.2. The molecular weight excluding hydrogens is 413 g/mol. The largest absolute Gasteiger partial charge is 0.541 e. The van der Waals surface area contributed by atoms with Crippen LogP contribution >= 0.6 is 34.9 Å². The van der Waals surface area contributed by atoms with Crippen LogP contribution in [0.15, 0.2) is 12.1 Å². The van der Waals surface area contributed by atoms with E-state index in [0.29, 0.717) is 0 Å². The molecule has 2 nitrogen and oxygen atoms in total. The second-order valence-corrected chi connectivity index (χ2v) is 22.7. The van der Waals surface area contributed by atoms with E-state index in [1.54, 1.807) is 22.7 Å². The molecule has 0 N–H and O–H groups in total. The van der Waals surface area contributed by atoms with Crippen molar-refractivity contribution in [2.75, 3.05) is 0 Å². The molecule has 1 aromatic heterocycles. The second-order valence-electron chi connectivity index (χ2n) is 9.92. The molecule has 0 spiro atoms. The predicted molar refractivity (Wildman–Crippen MR) is 126 cm³/mol. The Hall–Kier alpha value is -0.216. The van der Waals surface area contributed by atoms with Crippen LogP contribution in [0.1, 0.15) is 41.5 Å². The molecule has 0 aliphatic carbocycles. The minimum Gasteiger partial charge on any atom is -0.541 e. The molecule has 7 heteroatoms. The zero-order chi connectivity index (χ0) is 20.1. The van der Waals surface area contributed by atoms with Gasteiger partial charge in [0.25, 0.3) is 16.6 Å². The Morgan fingerprint density at radius 2 is 1.04 bits per heavy atom. The van der Waals surface area contributed by atoms with Gasteiger partial charge >= 0.3 is 0 Å². The molecular formula is C19H32O2S3Si2. The average molecular weight is 445 g/mol. The van der Waals surface area contributed by atoms with E-state index in [0.717, 1.165) is 14.6 Å². The summed E-state index contributed by atoms with van der Waals surface area (Å²) < 4.78 is 16.7. The van der Waals surface area contributed by atoms with Crippen molar-refractivity contribution < 1.29 is 8.85 Å². The van der Waals surface area contributed by atoms with Crippen molar-refractivity contribution in [3.05, 3.63) is 15.3 Å². The molecule has 0 unspecified atom stereocenters. The Morgan fingerprint density at radius 3 is 1.31 bits per heavy atom. The van der Waals surface area contributed by atoms with E-state index in [-0.39, 0.29) is 10.1 Å². The highest BCUT2D eigenvalue weighted by Crippen LogP contribution is 2.46. The third kappa shape index (κ3) is 4.60. The fourth-order valence-corrected chi connectivity index (χ4v) is 6.43. The number of rotatable bonds is 4. The third-order valence-electron chi connectivity index (χ3n) is 5.74. The minimum atomic E-state index is -1.96. The molecule has 2 rings (SSSR count). The predicted octanol–water partition coefficient (Wildman–Crippen LogP) is 8.46. The minimum absolute atomic E-state index is 0.136. The summed E-state index contributed by atoms with van der Waals surface area (Å²) in [6.45, 7) is 22.7. The van der Waals surface area contributed by atoms with E-state index in [9.17, 15) is 0 Å². The number of hydrogen-bond donors (Lipinski definition) is 0. The molecule has 0 amide bonds. The van der Waals surface area contributed by atoms with Crippen LogP contribution in [-0.4, -0.2) is 16.6 Å². The standard InChI is InChI=1S/C19H32O2S3Si2/c1-18(2,3)25(7,8)20-13-11-15-16(24-17(22)23-15)12-14(13)21-26(9,10)19(4,5)6/h11-12H,1-10H3. The van der Waals surface area contributed by atoms with Gasteiger partial charge in [-0.05, 0) is 36.3 Å². The molecule has 2 aromatic rings. The van der Waals surface area contributed by atoms with E-state index < -0.39 is 16.6 Å². The highest BCUT2D eigenvalue weighted by molar-refractivity contribution is 7.77. The van der Waals surface area contributed by atoms with Crippen molar-refractivity contribution in [1.82, 2.24) is 0 Å². The fraction of sp³-hybridized carbons (Fsp3) is 0.632. The summed E-state index contributed by atoms with van der Waals surface area (Å²) in [5.41, 5.74) is 0. The van der Waals surface area contributed by atoms with Gasteiger partial charge in [-0.15, -0.1) is 22.7 Å². The number of hydrogen-bond acceptors (Lipinski definition) is 5. The van der Waals surface area contributed by atoms with Crippen molar-refractivity contribution in [1.29, 1.82) is 0 Å². The first kappa shape index (κ1) is 22.1. The van der Waals surface area contributed by atoms with Crippen LogP contribution in [-0.2, 0) is 0 Å². The van der Waals surface area contributed by atoms with Crippen molar-refractivity contribution in [2.45, 2.75) is 77.8 Å². The van der Waals surface area contributed by atoms with E-state index in [2.05, 4.69) is 79.9 Å². The fourth-order valence-electron chi connectivity index (χ4n) is 1.90. The van der Waals surface area contributed by atoms with Gasteiger partial charge in [0.1, 0.15) is 14.6 Å². The van der Waals surface area contributed by atoms with Gasteiger partial charge in [-0.3, -0.25) is 0 Å². The normalized spacial score (nSPS) is 13.9. The van der Waals surface area contributed by atoms with Crippen LogP contribution in [0, 0.1) is 3.14 Å². The number of fused-ring (bicyclic) bond motifs is 1. The lowest BCUT2D eigenvalue weighted by molar-refractivity contribution is 0.441. The Labute approximate surface area is 173 Å². The Bertz CT molecular complexity index is 784. The van der Waals surface area contributed by atoms with Gasteiger partial charge in [-0.1, -0.05) is 53.8 Å². The topological polar surface area (TPSA) is 18.5 Å². The quantitative estimate of drug-likeness (QED) is 0.348. The summed E-state index contributed by atoms with van der Waals surface area (Å²) in [7, 11) is -3.92. The van der Waals surface area contributed by atoms with Crippen LogP contribution in [0.3, 0.4) is 0 Å². The summed E-state index contributed by atoms with van der Waals surface area (Å²) in [6, 6.07) is 4.30. The highest BCUT2D eigenvalue weighted by Gasteiger charge is 2.42. The van der Waals surface area contributed by atoms with Crippen LogP contribution in [0.4, 0.5) is 0 Å². The summed E-state index contributed by atoms with van der Waals surface area (Å²) in [5, 5.41) is 0.273. The summed E-state index contributed by atoms with van der Waals surface area (Å²) in [5.74, 6) is 1.77. The third-order valence-corrected chi connectivity index (χ3v) is 17.0. The maximum Gasteiger partial charge on any atom is 0.250 e. The van der Waals surface area contributed by atoms with Gasteiger partial charge in [-0.2, -0.15) is 0 Å². The molecule has 0 saturated heterocycles. The molecule has 1 aromatic carbocycles. The van der Waals surface area contributed by atoms with Gasteiger partial charge in [0.15, 0.2) is 0 Å². The van der Waals surface area contributed by atoms with Crippen molar-refractivity contribution in [3.63, 3.8) is 0 Å². The molecule has 26 heavy (non-hydrogen) atoms. The molecule has 0 atom stereocenters. The SMILES string of the molecule is CC(C)(C)[Si](C)(C)Oc1cc2sc(=S)sc2cc1O[Si](C)(C)C(C)(C)C. The summed E-state index contributed by atoms with van der Waals surface area (Å²) >= 11 is 8.72. The molecule has 0 saturated carbocycles. The van der Waals surface area contributed by atoms with Crippen molar-refractivity contribution in [2.24, 2.45) is 0 Å². The maximum atomic E-state index is 6.69. The Balaban J connectivity index is 2.58. The smallest absolute Gasteiger partial charge is 0.250 e. The number of benzene rings is 1. The van der Waals surface area contributed by atoms with E-state index in [1.165, 1.54) is 9.40 Å². The van der Waals surface area contributed by atoms with Gasteiger partial charge in [0.05, 0.1) is 9.40 Å². The summed E-state index contributed by atoms with van der Waals surface area (Å²) in [6.07, 6.45) is 0. The first-order valence-corrected chi connectivity index (χ1v) is 16.8.